The normalized spacial score (nSPS) is 15.6. The summed E-state index contributed by atoms with van der Waals surface area (Å²) in [5.74, 6) is 1.50. The van der Waals surface area contributed by atoms with Crippen molar-refractivity contribution in [3.63, 3.8) is 0 Å². The van der Waals surface area contributed by atoms with E-state index in [2.05, 4.69) is 10.6 Å². The molecule has 2 aromatic carbocycles. The fourth-order valence-corrected chi connectivity index (χ4v) is 3.32. The van der Waals surface area contributed by atoms with Gasteiger partial charge in [0.25, 0.3) is 0 Å². The van der Waals surface area contributed by atoms with Crippen molar-refractivity contribution in [1.29, 1.82) is 0 Å². The first-order valence-corrected chi connectivity index (χ1v) is 9.30. The lowest BCUT2D eigenvalue weighted by Gasteiger charge is -2.24. The molecule has 1 aliphatic heterocycles. The molecule has 1 atom stereocenters. The SMILES string of the molecule is COc1cccc(NC(=O)N2CCCC2C(=O)Nc2ccc(OC)c(OC)c2)c1. The Hall–Kier alpha value is -3.42. The van der Waals surface area contributed by atoms with E-state index in [4.69, 9.17) is 14.2 Å². The average molecular weight is 399 g/mol. The molecule has 1 aliphatic rings. The Morgan fingerprint density at radius 3 is 2.41 bits per heavy atom. The number of ether oxygens (including phenoxy) is 3. The van der Waals surface area contributed by atoms with Crippen molar-refractivity contribution in [3.8, 4) is 17.2 Å². The molecule has 0 aromatic heterocycles. The van der Waals surface area contributed by atoms with E-state index >= 15 is 0 Å². The molecule has 3 amide bonds. The largest absolute Gasteiger partial charge is 0.497 e. The number of carbonyl (C=O) groups is 2. The van der Waals surface area contributed by atoms with E-state index in [-0.39, 0.29) is 11.9 Å². The summed E-state index contributed by atoms with van der Waals surface area (Å²) in [7, 11) is 4.65. The summed E-state index contributed by atoms with van der Waals surface area (Å²) in [5.41, 5.74) is 1.19. The van der Waals surface area contributed by atoms with Crippen LogP contribution in [-0.2, 0) is 4.79 Å². The van der Waals surface area contributed by atoms with Crippen molar-refractivity contribution in [2.45, 2.75) is 18.9 Å². The number of hydrogen-bond donors (Lipinski definition) is 2. The van der Waals surface area contributed by atoms with Crippen molar-refractivity contribution in [1.82, 2.24) is 4.90 Å². The maximum absolute atomic E-state index is 12.8. The third-order valence-corrected chi connectivity index (χ3v) is 4.79. The summed E-state index contributed by atoms with van der Waals surface area (Å²) >= 11 is 0. The summed E-state index contributed by atoms with van der Waals surface area (Å²) in [4.78, 5) is 27.1. The second kappa shape index (κ2) is 9.18. The van der Waals surface area contributed by atoms with Crippen LogP contribution in [0.25, 0.3) is 0 Å². The molecule has 0 radical (unpaired) electrons. The Kier molecular flexibility index (Phi) is 6.43. The molecule has 1 heterocycles. The van der Waals surface area contributed by atoms with E-state index < -0.39 is 6.04 Å². The second-order valence-corrected chi connectivity index (χ2v) is 6.57. The summed E-state index contributed by atoms with van der Waals surface area (Å²) in [6, 6.07) is 11.4. The first kappa shape index (κ1) is 20.3. The first-order valence-electron chi connectivity index (χ1n) is 9.30. The smallest absolute Gasteiger partial charge is 0.322 e. The molecule has 2 aromatic rings. The molecule has 0 spiro atoms. The van der Waals surface area contributed by atoms with Crippen LogP contribution >= 0.6 is 0 Å². The molecule has 1 saturated heterocycles. The number of benzene rings is 2. The van der Waals surface area contributed by atoms with Crippen LogP contribution in [0.3, 0.4) is 0 Å². The van der Waals surface area contributed by atoms with Gasteiger partial charge in [0.05, 0.1) is 21.3 Å². The van der Waals surface area contributed by atoms with Gasteiger partial charge in [-0.2, -0.15) is 0 Å². The number of urea groups is 1. The standard InChI is InChI=1S/C21H25N3O5/c1-27-16-7-4-6-14(12-16)23-21(26)24-11-5-8-17(24)20(25)22-15-9-10-18(28-2)19(13-15)29-3/h4,6-7,9-10,12-13,17H,5,8,11H2,1-3H3,(H,22,25)(H,23,26). The van der Waals surface area contributed by atoms with Crippen LogP contribution in [0.15, 0.2) is 42.5 Å². The molecule has 1 fully saturated rings. The van der Waals surface area contributed by atoms with Crippen molar-refractivity contribution < 1.29 is 23.8 Å². The van der Waals surface area contributed by atoms with Crippen LogP contribution in [0.4, 0.5) is 16.2 Å². The van der Waals surface area contributed by atoms with Crippen LogP contribution < -0.4 is 24.8 Å². The van der Waals surface area contributed by atoms with Crippen LogP contribution in [0, 0.1) is 0 Å². The highest BCUT2D eigenvalue weighted by atomic mass is 16.5. The fraction of sp³-hybridized carbons (Fsp3) is 0.333. The van der Waals surface area contributed by atoms with Crippen LogP contribution in [0.2, 0.25) is 0 Å². The van der Waals surface area contributed by atoms with Gasteiger partial charge in [0.15, 0.2) is 11.5 Å². The molecular formula is C21H25N3O5. The third-order valence-electron chi connectivity index (χ3n) is 4.79. The van der Waals surface area contributed by atoms with Gasteiger partial charge in [-0.3, -0.25) is 4.79 Å². The lowest BCUT2D eigenvalue weighted by atomic mass is 10.2. The highest BCUT2D eigenvalue weighted by molar-refractivity contribution is 5.99. The third kappa shape index (κ3) is 4.71. The van der Waals surface area contributed by atoms with Gasteiger partial charge in [0, 0.05) is 30.1 Å². The van der Waals surface area contributed by atoms with E-state index in [1.54, 1.807) is 61.6 Å². The topological polar surface area (TPSA) is 89.1 Å². The van der Waals surface area contributed by atoms with E-state index in [1.165, 1.54) is 7.11 Å². The van der Waals surface area contributed by atoms with Crippen LogP contribution in [0.5, 0.6) is 17.2 Å². The Morgan fingerprint density at radius 2 is 1.69 bits per heavy atom. The van der Waals surface area contributed by atoms with Gasteiger partial charge in [0.2, 0.25) is 5.91 Å². The zero-order valence-electron chi connectivity index (χ0n) is 16.7. The Bertz CT molecular complexity index is 886. The minimum absolute atomic E-state index is 0.240. The highest BCUT2D eigenvalue weighted by Crippen LogP contribution is 2.30. The Labute approximate surface area is 169 Å². The van der Waals surface area contributed by atoms with Gasteiger partial charge in [-0.05, 0) is 37.1 Å². The van der Waals surface area contributed by atoms with E-state index in [1.807, 2.05) is 0 Å². The molecule has 8 nitrogen and oxygen atoms in total. The van der Waals surface area contributed by atoms with Gasteiger partial charge in [-0.15, -0.1) is 0 Å². The monoisotopic (exact) mass is 399 g/mol. The number of rotatable bonds is 6. The lowest BCUT2D eigenvalue weighted by Crippen LogP contribution is -2.45. The molecule has 2 N–H and O–H groups in total. The zero-order valence-corrected chi connectivity index (χ0v) is 16.7. The molecular weight excluding hydrogens is 374 g/mol. The highest BCUT2D eigenvalue weighted by Gasteiger charge is 2.34. The van der Waals surface area contributed by atoms with Gasteiger partial charge >= 0.3 is 6.03 Å². The summed E-state index contributed by atoms with van der Waals surface area (Å²) in [6.07, 6.45) is 1.36. The predicted molar refractivity (Wildman–Crippen MR) is 110 cm³/mol. The fourth-order valence-electron chi connectivity index (χ4n) is 3.32. The molecule has 8 heteroatoms. The van der Waals surface area contributed by atoms with E-state index in [0.717, 1.165) is 6.42 Å². The minimum Gasteiger partial charge on any atom is -0.497 e. The Morgan fingerprint density at radius 1 is 0.931 bits per heavy atom. The van der Waals surface area contributed by atoms with E-state index in [9.17, 15) is 9.59 Å². The van der Waals surface area contributed by atoms with Crippen molar-refractivity contribution in [2.24, 2.45) is 0 Å². The minimum atomic E-state index is -0.547. The van der Waals surface area contributed by atoms with Gasteiger partial charge in [-0.1, -0.05) is 6.07 Å². The quantitative estimate of drug-likeness (QED) is 0.778. The predicted octanol–water partition coefficient (Wildman–Crippen LogP) is 3.35. The number of hydrogen-bond acceptors (Lipinski definition) is 5. The first-order chi connectivity index (χ1) is 14.0. The van der Waals surface area contributed by atoms with Gasteiger partial charge in [-0.25, -0.2) is 4.79 Å². The zero-order chi connectivity index (χ0) is 20.8. The lowest BCUT2D eigenvalue weighted by molar-refractivity contribution is -0.119. The van der Waals surface area contributed by atoms with Crippen LogP contribution in [-0.4, -0.2) is 50.8 Å². The van der Waals surface area contributed by atoms with Crippen LogP contribution in [0.1, 0.15) is 12.8 Å². The number of likely N-dealkylation sites (tertiary alicyclic amines) is 1. The van der Waals surface area contributed by atoms with Crippen molar-refractivity contribution in [2.75, 3.05) is 38.5 Å². The van der Waals surface area contributed by atoms with Gasteiger partial charge < -0.3 is 29.7 Å². The van der Waals surface area contributed by atoms with Gasteiger partial charge in [0.1, 0.15) is 11.8 Å². The molecule has 1 unspecified atom stereocenters. The molecule has 0 saturated carbocycles. The number of methoxy groups -OCH3 is 3. The maximum atomic E-state index is 12.8. The average Bonchev–Trinajstić information content (AvgIpc) is 3.24. The molecule has 3 rings (SSSR count). The number of nitrogens with one attached hydrogen (secondary N) is 2. The van der Waals surface area contributed by atoms with Crippen molar-refractivity contribution >= 4 is 23.3 Å². The summed E-state index contributed by atoms with van der Waals surface area (Å²) in [6.45, 7) is 0.514. The number of anilines is 2. The van der Waals surface area contributed by atoms with Crippen molar-refractivity contribution in [3.05, 3.63) is 42.5 Å². The summed E-state index contributed by atoms with van der Waals surface area (Å²) < 4.78 is 15.7. The van der Waals surface area contributed by atoms with E-state index in [0.29, 0.717) is 41.6 Å². The number of amides is 3. The molecule has 0 aliphatic carbocycles. The summed E-state index contributed by atoms with van der Waals surface area (Å²) in [5, 5.41) is 5.69. The Balaban J connectivity index is 1.67. The number of nitrogens with zero attached hydrogens (tertiary/aromatic N) is 1. The number of carbonyl (C=O) groups excluding carboxylic acids is 2. The molecule has 154 valence electrons. The maximum Gasteiger partial charge on any atom is 0.322 e. The second-order valence-electron chi connectivity index (χ2n) is 6.57. The molecule has 29 heavy (non-hydrogen) atoms. The molecule has 0 bridgehead atoms.